The molecule has 0 aliphatic rings. The Bertz CT molecular complexity index is 1080. The molecule has 0 fully saturated rings. The molecule has 6 nitrogen and oxygen atoms in total. The molecule has 0 heterocycles. The average Bonchev–Trinajstić information content (AvgIpc) is 2.78. The minimum Gasteiger partial charge on any atom is -0.483 e. The molecule has 3 aromatic carbocycles. The quantitative estimate of drug-likeness (QED) is 0.371. The predicted octanol–water partition coefficient (Wildman–Crippen LogP) is 4.65. The van der Waals surface area contributed by atoms with Gasteiger partial charge < -0.3 is 14.8 Å². The summed E-state index contributed by atoms with van der Waals surface area (Å²) in [5.41, 5.74) is 0.901. The summed E-state index contributed by atoms with van der Waals surface area (Å²) in [6.07, 6.45) is 0. The van der Waals surface area contributed by atoms with Crippen molar-refractivity contribution in [2.45, 2.75) is 0 Å². The number of amides is 1. The van der Waals surface area contributed by atoms with Gasteiger partial charge in [-0.3, -0.25) is 9.59 Å². The molecule has 1 N–H and O–H groups in total. The number of anilines is 1. The van der Waals surface area contributed by atoms with Gasteiger partial charge in [0.25, 0.3) is 5.91 Å². The van der Waals surface area contributed by atoms with Crippen LogP contribution in [0.3, 0.4) is 0 Å². The summed E-state index contributed by atoms with van der Waals surface area (Å²) in [7, 11) is 0. The molecular formula is C23H17BrFNO5. The third kappa shape index (κ3) is 6.48. The van der Waals surface area contributed by atoms with Gasteiger partial charge in [0.2, 0.25) is 0 Å². The first-order valence-corrected chi connectivity index (χ1v) is 9.95. The van der Waals surface area contributed by atoms with Crippen molar-refractivity contribution in [3.8, 4) is 5.75 Å². The number of ketones is 1. The van der Waals surface area contributed by atoms with Crippen LogP contribution in [-0.2, 0) is 9.53 Å². The summed E-state index contributed by atoms with van der Waals surface area (Å²) in [6.45, 7) is -0.836. The summed E-state index contributed by atoms with van der Waals surface area (Å²) in [5, 5.41) is 2.68. The summed E-state index contributed by atoms with van der Waals surface area (Å²) < 4.78 is 24.4. The van der Waals surface area contributed by atoms with Crippen LogP contribution in [0.25, 0.3) is 0 Å². The number of halogens is 2. The minimum atomic E-state index is -0.778. The van der Waals surface area contributed by atoms with Crippen molar-refractivity contribution >= 4 is 39.3 Å². The lowest BCUT2D eigenvalue weighted by atomic mass is 10.1. The number of rotatable bonds is 8. The van der Waals surface area contributed by atoms with Crippen molar-refractivity contribution in [1.29, 1.82) is 0 Å². The first-order chi connectivity index (χ1) is 14.9. The fraction of sp³-hybridized carbons (Fsp3) is 0.0870. The van der Waals surface area contributed by atoms with Gasteiger partial charge in [-0.25, -0.2) is 9.18 Å². The molecule has 1 amide bonds. The molecule has 0 atom stereocenters. The lowest BCUT2D eigenvalue weighted by Crippen LogP contribution is -2.21. The van der Waals surface area contributed by atoms with Crippen LogP contribution in [0.5, 0.6) is 5.75 Å². The number of ether oxygens (including phenoxy) is 2. The number of hydrogen-bond acceptors (Lipinski definition) is 5. The molecule has 0 radical (unpaired) electrons. The molecule has 0 aliphatic carbocycles. The number of nitrogens with one attached hydrogen (secondary N) is 1. The maximum Gasteiger partial charge on any atom is 0.342 e. The zero-order valence-electron chi connectivity index (χ0n) is 16.1. The van der Waals surface area contributed by atoms with Crippen LogP contribution in [0, 0.1) is 5.82 Å². The largest absolute Gasteiger partial charge is 0.483 e. The standard InChI is InChI=1S/C23H17BrFNO5/c24-16-7-11-18(12-8-16)26-22(28)14-30-21-4-2-1-3-19(21)23(29)31-13-20(27)15-5-9-17(25)10-6-15/h1-12H,13-14H2,(H,26,28). The Balaban J connectivity index is 1.56. The van der Waals surface area contributed by atoms with Crippen molar-refractivity contribution in [3.63, 3.8) is 0 Å². The Hall–Kier alpha value is -3.52. The highest BCUT2D eigenvalue weighted by molar-refractivity contribution is 9.10. The summed E-state index contributed by atoms with van der Waals surface area (Å²) in [4.78, 5) is 36.6. The van der Waals surface area contributed by atoms with Crippen LogP contribution in [0.1, 0.15) is 20.7 Å². The Labute approximate surface area is 186 Å². The third-order valence-corrected chi connectivity index (χ3v) is 4.62. The van der Waals surface area contributed by atoms with E-state index in [0.717, 1.165) is 16.6 Å². The number of Topliss-reactive ketones (excluding diaryl/α,β-unsaturated/α-hetero) is 1. The van der Waals surface area contributed by atoms with Crippen molar-refractivity contribution in [2.75, 3.05) is 18.5 Å². The average molecular weight is 486 g/mol. The Morgan fingerprint density at radius 2 is 1.55 bits per heavy atom. The Kier molecular flexibility index (Phi) is 7.50. The van der Waals surface area contributed by atoms with Crippen LogP contribution < -0.4 is 10.1 Å². The molecule has 0 unspecified atom stereocenters. The van der Waals surface area contributed by atoms with E-state index in [1.807, 2.05) is 0 Å². The fourth-order valence-electron chi connectivity index (χ4n) is 2.56. The zero-order chi connectivity index (χ0) is 22.2. The van der Waals surface area contributed by atoms with Gasteiger partial charge in [0.15, 0.2) is 19.0 Å². The van der Waals surface area contributed by atoms with Gasteiger partial charge in [-0.1, -0.05) is 28.1 Å². The van der Waals surface area contributed by atoms with Gasteiger partial charge in [-0.15, -0.1) is 0 Å². The van der Waals surface area contributed by atoms with Crippen LogP contribution in [0.4, 0.5) is 10.1 Å². The van der Waals surface area contributed by atoms with Gasteiger partial charge in [0, 0.05) is 15.7 Å². The van der Waals surface area contributed by atoms with E-state index >= 15 is 0 Å². The minimum absolute atomic E-state index is 0.0749. The van der Waals surface area contributed by atoms with Crippen LogP contribution >= 0.6 is 15.9 Å². The molecule has 3 rings (SSSR count). The monoisotopic (exact) mass is 485 g/mol. The maximum atomic E-state index is 13.0. The number of hydrogen-bond donors (Lipinski definition) is 1. The molecule has 31 heavy (non-hydrogen) atoms. The number of para-hydroxylation sites is 1. The lowest BCUT2D eigenvalue weighted by Gasteiger charge is -2.11. The van der Waals surface area contributed by atoms with E-state index in [2.05, 4.69) is 21.2 Å². The topological polar surface area (TPSA) is 81.7 Å². The SMILES string of the molecule is O=C(COc1ccccc1C(=O)OCC(=O)c1ccc(F)cc1)Nc1ccc(Br)cc1. The summed E-state index contributed by atoms with van der Waals surface area (Å²) in [6, 6.07) is 18.2. The van der Waals surface area contributed by atoms with Crippen molar-refractivity contribution in [3.05, 3.63) is 94.2 Å². The Morgan fingerprint density at radius 3 is 2.26 bits per heavy atom. The van der Waals surface area contributed by atoms with E-state index in [9.17, 15) is 18.8 Å². The van der Waals surface area contributed by atoms with Gasteiger partial charge in [-0.05, 0) is 60.7 Å². The molecule has 0 saturated carbocycles. The maximum absolute atomic E-state index is 13.0. The second-order valence-electron chi connectivity index (χ2n) is 6.35. The summed E-state index contributed by atoms with van der Waals surface area (Å²) >= 11 is 3.31. The summed E-state index contributed by atoms with van der Waals surface area (Å²) in [5.74, 6) is -1.98. The Morgan fingerprint density at radius 1 is 0.871 bits per heavy atom. The normalized spacial score (nSPS) is 10.3. The van der Waals surface area contributed by atoms with E-state index in [0.29, 0.717) is 5.69 Å². The first kappa shape index (κ1) is 22.2. The van der Waals surface area contributed by atoms with Gasteiger partial charge in [-0.2, -0.15) is 0 Å². The number of benzene rings is 3. The third-order valence-electron chi connectivity index (χ3n) is 4.09. The van der Waals surface area contributed by atoms with Gasteiger partial charge in [0.1, 0.15) is 17.1 Å². The fourth-order valence-corrected chi connectivity index (χ4v) is 2.83. The lowest BCUT2D eigenvalue weighted by molar-refractivity contribution is -0.118. The van der Waals surface area contributed by atoms with E-state index < -0.39 is 30.1 Å². The van der Waals surface area contributed by atoms with Crippen molar-refractivity contribution in [1.82, 2.24) is 0 Å². The number of carbonyl (C=O) groups excluding carboxylic acids is 3. The first-order valence-electron chi connectivity index (χ1n) is 9.15. The molecular weight excluding hydrogens is 469 g/mol. The van der Waals surface area contributed by atoms with E-state index in [4.69, 9.17) is 9.47 Å². The number of carbonyl (C=O) groups is 3. The zero-order valence-corrected chi connectivity index (χ0v) is 17.7. The highest BCUT2D eigenvalue weighted by Gasteiger charge is 2.17. The van der Waals surface area contributed by atoms with E-state index in [1.54, 1.807) is 36.4 Å². The molecule has 8 heteroatoms. The van der Waals surface area contributed by atoms with E-state index in [1.165, 1.54) is 24.3 Å². The van der Waals surface area contributed by atoms with Gasteiger partial charge in [0.05, 0.1) is 0 Å². The van der Waals surface area contributed by atoms with Gasteiger partial charge >= 0.3 is 5.97 Å². The van der Waals surface area contributed by atoms with Crippen molar-refractivity contribution in [2.24, 2.45) is 0 Å². The van der Waals surface area contributed by atoms with Crippen LogP contribution in [0.2, 0.25) is 0 Å². The van der Waals surface area contributed by atoms with Crippen LogP contribution in [-0.4, -0.2) is 30.9 Å². The molecule has 0 spiro atoms. The molecule has 158 valence electrons. The molecule has 0 aliphatic heterocycles. The molecule has 0 aromatic heterocycles. The van der Waals surface area contributed by atoms with Crippen LogP contribution in [0.15, 0.2) is 77.3 Å². The van der Waals surface area contributed by atoms with E-state index in [-0.39, 0.29) is 23.5 Å². The highest BCUT2D eigenvalue weighted by Crippen LogP contribution is 2.20. The van der Waals surface area contributed by atoms with Crippen molar-refractivity contribution < 1.29 is 28.2 Å². The smallest absolute Gasteiger partial charge is 0.342 e. The number of esters is 1. The second kappa shape index (κ2) is 10.5. The molecule has 0 bridgehead atoms. The molecule has 0 saturated heterocycles. The second-order valence-corrected chi connectivity index (χ2v) is 7.26. The highest BCUT2D eigenvalue weighted by atomic mass is 79.9. The molecule has 3 aromatic rings. The predicted molar refractivity (Wildman–Crippen MR) is 116 cm³/mol.